The molecule has 0 saturated heterocycles. The molecule has 5 heteroatoms. The highest BCUT2D eigenvalue weighted by Gasteiger charge is 1.99. The average molecular weight is 285 g/mol. The summed E-state index contributed by atoms with van der Waals surface area (Å²) in [6.07, 6.45) is 1.60. The molecule has 0 heterocycles. The van der Waals surface area contributed by atoms with Crippen LogP contribution in [0.25, 0.3) is 0 Å². The van der Waals surface area contributed by atoms with Crippen LogP contribution in [0.4, 0.5) is 4.79 Å². The number of hydrogen-bond donors (Lipinski definition) is 2. The molecule has 19 heavy (non-hydrogen) atoms. The fraction of sp³-hybridized carbons (Fsp3) is 0.500. The number of hydrogen-bond acceptors (Lipinski definition) is 2. The maximum atomic E-state index is 11.4. The van der Waals surface area contributed by atoms with Crippen LogP contribution in [-0.2, 0) is 11.2 Å². The average Bonchev–Trinajstić information content (AvgIpc) is 2.38. The minimum Gasteiger partial charge on any atom is -0.382 e. The van der Waals surface area contributed by atoms with Gasteiger partial charge in [-0.1, -0.05) is 23.7 Å². The number of ether oxygens (including phenoxy) is 1. The van der Waals surface area contributed by atoms with Gasteiger partial charge in [-0.05, 0) is 37.5 Å². The fourth-order valence-electron chi connectivity index (χ4n) is 1.60. The maximum Gasteiger partial charge on any atom is 0.314 e. The van der Waals surface area contributed by atoms with Crippen molar-refractivity contribution >= 4 is 17.6 Å². The van der Waals surface area contributed by atoms with Crippen molar-refractivity contribution in [1.29, 1.82) is 0 Å². The lowest BCUT2D eigenvalue weighted by Crippen LogP contribution is -2.37. The molecule has 2 N–H and O–H groups in total. The van der Waals surface area contributed by atoms with Crippen LogP contribution in [0, 0.1) is 0 Å². The Kier molecular flexibility index (Phi) is 8.02. The SMILES string of the molecule is CCOCCCNC(=O)NCCc1cccc(Cl)c1. The molecule has 0 spiro atoms. The van der Waals surface area contributed by atoms with Gasteiger partial charge in [0, 0.05) is 31.3 Å². The summed E-state index contributed by atoms with van der Waals surface area (Å²) in [4.78, 5) is 11.4. The van der Waals surface area contributed by atoms with Gasteiger partial charge in [-0.3, -0.25) is 0 Å². The van der Waals surface area contributed by atoms with Crippen molar-refractivity contribution in [3.63, 3.8) is 0 Å². The van der Waals surface area contributed by atoms with Gasteiger partial charge in [0.15, 0.2) is 0 Å². The van der Waals surface area contributed by atoms with Gasteiger partial charge in [0.2, 0.25) is 0 Å². The molecule has 0 aliphatic rings. The fourth-order valence-corrected chi connectivity index (χ4v) is 1.81. The van der Waals surface area contributed by atoms with Crippen molar-refractivity contribution in [3.05, 3.63) is 34.9 Å². The molecule has 0 radical (unpaired) electrons. The molecule has 1 aromatic carbocycles. The first kappa shape index (κ1) is 15.8. The summed E-state index contributed by atoms with van der Waals surface area (Å²) in [5.74, 6) is 0. The molecule has 0 saturated carbocycles. The second kappa shape index (κ2) is 9.64. The molecule has 0 aromatic heterocycles. The highest BCUT2D eigenvalue weighted by atomic mass is 35.5. The normalized spacial score (nSPS) is 10.2. The summed E-state index contributed by atoms with van der Waals surface area (Å²) in [5.41, 5.74) is 1.11. The summed E-state index contributed by atoms with van der Waals surface area (Å²) in [5, 5.41) is 6.31. The van der Waals surface area contributed by atoms with E-state index in [9.17, 15) is 4.79 Å². The van der Waals surface area contributed by atoms with Crippen LogP contribution >= 0.6 is 11.6 Å². The lowest BCUT2D eigenvalue weighted by molar-refractivity contribution is 0.145. The van der Waals surface area contributed by atoms with Gasteiger partial charge in [0.05, 0.1) is 0 Å². The second-order valence-electron chi connectivity index (χ2n) is 4.11. The standard InChI is InChI=1S/C14H21ClN2O2/c1-2-19-10-4-8-16-14(18)17-9-7-12-5-3-6-13(15)11-12/h3,5-6,11H,2,4,7-10H2,1H3,(H2,16,17,18). The largest absolute Gasteiger partial charge is 0.382 e. The van der Waals surface area contributed by atoms with Gasteiger partial charge in [0.1, 0.15) is 0 Å². The molecule has 0 bridgehead atoms. The van der Waals surface area contributed by atoms with E-state index in [-0.39, 0.29) is 6.03 Å². The van der Waals surface area contributed by atoms with E-state index in [4.69, 9.17) is 16.3 Å². The predicted octanol–water partition coefficient (Wildman–Crippen LogP) is 2.61. The Morgan fingerprint density at radius 2 is 2.11 bits per heavy atom. The summed E-state index contributed by atoms with van der Waals surface area (Å²) in [6, 6.07) is 7.50. The van der Waals surface area contributed by atoms with Crippen LogP contribution < -0.4 is 10.6 Å². The molecule has 0 fully saturated rings. The zero-order valence-electron chi connectivity index (χ0n) is 11.2. The first-order valence-electron chi connectivity index (χ1n) is 6.56. The molecule has 0 atom stereocenters. The van der Waals surface area contributed by atoms with Gasteiger partial charge in [0.25, 0.3) is 0 Å². The van der Waals surface area contributed by atoms with Crippen molar-refractivity contribution in [2.24, 2.45) is 0 Å². The number of carbonyl (C=O) groups is 1. The first-order chi connectivity index (χ1) is 9.22. The molecule has 4 nitrogen and oxygen atoms in total. The Labute approximate surface area is 119 Å². The number of carbonyl (C=O) groups excluding carboxylic acids is 1. The zero-order valence-corrected chi connectivity index (χ0v) is 12.0. The Hall–Kier alpha value is -1.26. The molecule has 106 valence electrons. The van der Waals surface area contributed by atoms with Gasteiger partial charge >= 0.3 is 6.03 Å². The Morgan fingerprint density at radius 1 is 1.32 bits per heavy atom. The highest BCUT2D eigenvalue weighted by molar-refractivity contribution is 6.30. The molecule has 0 aliphatic carbocycles. The maximum absolute atomic E-state index is 11.4. The van der Waals surface area contributed by atoms with E-state index in [1.807, 2.05) is 31.2 Å². The minimum absolute atomic E-state index is 0.140. The van der Waals surface area contributed by atoms with Gasteiger partial charge in [-0.25, -0.2) is 4.79 Å². The Balaban J connectivity index is 2.07. The van der Waals surface area contributed by atoms with E-state index in [2.05, 4.69) is 10.6 Å². The second-order valence-corrected chi connectivity index (χ2v) is 4.55. The van der Waals surface area contributed by atoms with E-state index < -0.39 is 0 Å². The van der Waals surface area contributed by atoms with E-state index in [0.29, 0.717) is 26.3 Å². The molecule has 0 unspecified atom stereocenters. The minimum atomic E-state index is -0.140. The Morgan fingerprint density at radius 3 is 2.84 bits per heavy atom. The molecule has 1 rings (SSSR count). The topological polar surface area (TPSA) is 50.4 Å². The first-order valence-corrected chi connectivity index (χ1v) is 6.94. The smallest absolute Gasteiger partial charge is 0.314 e. The third-order valence-electron chi connectivity index (χ3n) is 2.54. The van der Waals surface area contributed by atoms with Crippen LogP contribution in [0.2, 0.25) is 5.02 Å². The van der Waals surface area contributed by atoms with Gasteiger partial charge < -0.3 is 15.4 Å². The van der Waals surface area contributed by atoms with Crippen LogP contribution in [0.3, 0.4) is 0 Å². The van der Waals surface area contributed by atoms with Gasteiger partial charge in [-0.15, -0.1) is 0 Å². The van der Waals surface area contributed by atoms with Gasteiger partial charge in [-0.2, -0.15) is 0 Å². The van der Waals surface area contributed by atoms with Crippen molar-refractivity contribution < 1.29 is 9.53 Å². The lowest BCUT2D eigenvalue weighted by atomic mass is 10.1. The van der Waals surface area contributed by atoms with E-state index in [1.165, 1.54) is 0 Å². The third-order valence-corrected chi connectivity index (χ3v) is 2.78. The monoisotopic (exact) mass is 284 g/mol. The number of nitrogens with one attached hydrogen (secondary N) is 2. The van der Waals surface area contributed by atoms with E-state index in [1.54, 1.807) is 0 Å². The molecule has 1 aromatic rings. The summed E-state index contributed by atoms with van der Waals surface area (Å²) < 4.78 is 5.18. The number of benzene rings is 1. The molecule has 2 amide bonds. The number of amides is 2. The Bertz CT molecular complexity index is 385. The van der Waals surface area contributed by atoms with Crippen LogP contribution in [0.1, 0.15) is 18.9 Å². The highest BCUT2D eigenvalue weighted by Crippen LogP contribution is 2.10. The number of rotatable bonds is 8. The predicted molar refractivity (Wildman–Crippen MR) is 77.7 cm³/mol. The number of urea groups is 1. The molecular weight excluding hydrogens is 264 g/mol. The van der Waals surface area contributed by atoms with E-state index >= 15 is 0 Å². The van der Waals surface area contributed by atoms with Crippen molar-refractivity contribution in [1.82, 2.24) is 10.6 Å². The lowest BCUT2D eigenvalue weighted by Gasteiger charge is -2.07. The van der Waals surface area contributed by atoms with E-state index in [0.717, 1.165) is 23.4 Å². The van der Waals surface area contributed by atoms with Crippen molar-refractivity contribution in [2.45, 2.75) is 19.8 Å². The molecular formula is C14H21ClN2O2. The molecule has 0 aliphatic heterocycles. The quantitative estimate of drug-likeness (QED) is 0.721. The van der Waals surface area contributed by atoms with Crippen molar-refractivity contribution in [3.8, 4) is 0 Å². The summed E-state index contributed by atoms with van der Waals surface area (Å²) in [6.45, 7) is 4.57. The summed E-state index contributed by atoms with van der Waals surface area (Å²) in [7, 11) is 0. The zero-order chi connectivity index (χ0) is 13.9. The summed E-state index contributed by atoms with van der Waals surface area (Å²) >= 11 is 5.88. The third kappa shape index (κ3) is 7.70. The van der Waals surface area contributed by atoms with Crippen LogP contribution in [0.15, 0.2) is 24.3 Å². The van der Waals surface area contributed by atoms with Crippen LogP contribution in [0.5, 0.6) is 0 Å². The van der Waals surface area contributed by atoms with Crippen LogP contribution in [-0.4, -0.2) is 32.3 Å². The van der Waals surface area contributed by atoms with Crippen molar-refractivity contribution in [2.75, 3.05) is 26.3 Å². The number of halogens is 1.